The van der Waals surface area contributed by atoms with Crippen molar-refractivity contribution in [3.63, 3.8) is 0 Å². The molecular formula is C13H15FN2O. The van der Waals surface area contributed by atoms with E-state index in [1.54, 1.807) is 12.1 Å². The van der Waals surface area contributed by atoms with Crippen LogP contribution in [0.5, 0.6) is 0 Å². The molecule has 1 aromatic rings. The predicted octanol–water partition coefficient (Wildman–Crippen LogP) is 2.31. The van der Waals surface area contributed by atoms with Crippen molar-refractivity contribution < 1.29 is 9.13 Å². The minimum absolute atomic E-state index is 0.0913. The van der Waals surface area contributed by atoms with E-state index in [0.29, 0.717) is 18.8 Å². The summed E-state index contributed by atoms with van der Waals surface area (Å²) in [6.45, 7) is 5.33. The van der Waals surface area contributed by atoms with Crippen LogP contribution >= 0.6 is 0 Å². The number of morpholine rings is 1. The van der Waals surface area contributed by atoms with Gasteiger partial charge in [0, 0.05) is 13.1 Å². The molecular weight excluding hydrogens is 219 g/mol. The maximum absolute atomic E-state index is 13.5. The Morgan fingerprint density at radius 1 is 1.35 bits per heavy atom. The van der Waals surface area contributed by atoms with E-state index in [-0.39, 0.29) is 17.8 Å². The molecule has 1 aliphatic rings. The van der Waals surface area contributed by atoms with Crippen molar-refractivity contribution in [1.82, 2.24) is 0 Å². The second-order valence-electron chi connectivity index (χ2n) is 4.41. The highest BCUT2D eigenvalue weighted by Gasteiger charge is 2.24. The summed E-state index contributed by atoms with van der Waals surface area (Å²) in [5, 5.41) is 9.01. The quantitative estimate of drug-likeness (QED) is 0.748. The Bertz CT molecular complexity index is 445. The summed E-state index contributed by atoms with van der Waals surface area (Å²) in [5.74, 6) is -0.461. The second kappa shape index (κ2) is 4.72. The number of nitriles is 1. The zero-order valence-electron chi connectivity index (χ0n) is 9.98. The van der Waals surface area contributed by atoms with Gasteiger partial charge in [-0.15, -0.1) is 0 Å². The molecule has 2 atom stereocenters. The number of halogens is 1. The van der Waals surface area contributed by atoms with Crippen LogP contribution in [0.25, 0.3) is 0 Å². The Labute approximate surface area is 100 Å². The number of nitrogens with zero attached hydrogens (tertiary/aromatic N) is 2. The average molecular weight is 234 g/mol. The van der Waals surface area contributed by atoms with Gasteiger partial charge in [0.25, 0.3) is 0 Å². The number of hydrogen-bond donors (Lipinski definition) is 0. The lowest BCUT2D eigenvalue weighted by molar-refractivity contribution is -0.00524. The normalized spacial score (nSPS) is 24.5. The summed E-state index contributed by atoms with van der Waals surface area (Å²) in [6.07, 6.45) is 0.183. The van der Waals surface area contributed by atoms with E-state index in [1.807, 2.05) is 24.8 Å². The van der Waals surface area contributed by atoms with E-state index in [0.717, 1.165) is 0 Å². The maximum atomic E-state index is 13.5. The molecule has 0 radical (unpaired) electrons. The molecule has 0 spiro atoms. The van der Waals surface area contributed by atoms with Crippen LogP contribution in [0, 0.1) is 17.1 Å². The Kier molecular flexibility index (Phi) is 3.30. The lowest BCUT2D eigenvalue weighted by Gasteiger charge is -2.37. The van der Waals surface area contributed by atoms with Crippen molar-refractivity contribution in [1.29, 1.82) is 5.26 Å². The minimum Gasteiger partial charge on any atom is -0.372 e. The number of ether oxygens (including phenoxy) is 1. The molecule has 1 aromatic carbocycles. The zero-order valence-corrected chi connectivity index (χ0v) is 9.98. The van der Waals surface area contributed by atoms with Gasteiger partial charge in [0.2, 0.25) is 0 Å². The molecule has 3 nitrogen and oxygen atoms in total. The smallest absolute Gasteiger partial charge is 0.143 e. The van der Waals surface area contributed by atoms with Gasteiger partial charge >= 0.3 is 0 Å². The van der Waals surface area contributed by atoms with Crippen molar-refractivity contribution in [2.75, 3.05) is 18.0 Å². The van der Waals surface area contributed by atoms with E-state index < -0.39 is 5.82 Å². The number of rotatable bonds is 1. The van der Waals surface area contributed by atoms with Gasteiger partial charge in [0.05, 0.1) is 17.9 Å². The van der Waals surface area contributed by atoms with Crippen LogP contribution in [-0.4, -0.2) is 25.3 Å². The molecule has 4 heteroatoms. The van der Waals surface area contributed by atoms with E-state index in [9.17, 15) is 4.39 Å². The SMILES string of the molecule is C[C@@H]1CN(c2cccc(F)c2C#N)C[C@H](C)O1. The fourth-order valence-electron chi connectivity index (χ4n) is 2.26. The molecule has 0 N–H and O–H groups in total. The third-order valence-corrected chi connectivity index (χ3v) is 2.86. The monoisotopic (exact) mass is 234 g/mol. The lowest BCUT2D eigenvalue weighted by atomic mass is 10.1. The number of hydrogen-bond acceptors (Lipinski definition) is 3. The molecule has 90 valence electrons. The fraction of sp³-hybridized carbons (Fsp3) is 0.462. The summed E-state index contributed by atoms with van der Waals surface area (Å²) in [7, 11) is 0. The van der Waals surface area contributed by atoms with Crippen molar-refractivity contribution in [2.24, 2.45) is 0 Å². The summed E-state index contributed by atoms with van der Waals surface area (Å²) < 4.78 is 19.1. The number of anilines is 1. The first kappa shape index (κ1) is 11.9. The van der Waals surface area contributed by atoms with Crippen molar-refractivity contribution in [3.05, 3.63) is 29.6 Å². The molecule has 0 amide bonds. The molecule has 1 saturated heterocycles. The van der Waals surface area contributed by atoms with E-state index >= 15 is 0 Å². The molecule has 2 rings (SSSR count). The summed E-state index contributed by atoms with van der Waals surface area (Å²) in [4.78, 5) is 2.01. The van der Waals surface area contributed by atoms with Crippen molar-refractivity contribution >= 4 is 5.69 Å². The molecule has 0 saturated carbocycles. The van der Waals surface area contributed by atoms with Gasteiger partial charge in [-0.1, -0.05) is 6.07 Å². The van der Waals surface area contributed by atoms with Crippen LogP contribution < -0.4 is 4.90 Å². The third-order valence-electron chi connectivity index (χ3n) is 2.86. The largest absolute Gasteiger partial charge is 0.372 e. The first-order chi connectivity index (χ1) is 8.11. The van der Waals surface area contributed by atoms with Crippen LogP contribution in [0.15, 0.2) is 18.2 Å². The van der Waals surface area contributed by atoms with Gasteiger partial charge in [0.15, 0.2) is 0 Å². The molecule has 0 aromatic heterocycles. The molecule has 1 heterocycles. The van der Waals surface area contributed by atoms with Crippen LogP contribution in [-0.2, 0) is 4.74 Å². The third kappa shape index (κ3) is 2.40. The first-order valence-electron chi connectivity index (χ1n) is 5.71. The molecule has 0 aliphatic carbocycles. The number of benzene rings is 1. The summed E-state index contributed by atoms with van der Waals surface area (Å²) >= 11 is 0. The van der Waals surface area contributed by atoms with Gasteiger partial charge in [-0.05, 0) is 26.0 Å². The Hall–Kier alpha value is -1.60. The van der Waals surface area contributed by atoms with Crippen molar-refractivity contribution in [3.8, 4) is 6.07 Å². The van der Waals surface area contributed by atoms with Crippen molar-refractivity contribution in [2.45, 2.75) is 26.1 Å². The lowest BCUT2D eigenvalue weighted by Crippen LogP contribution is -2.45. The summed E-state index contributed by atoms with van der Waals surface area (Å²) in [6, 6.07) is 6.67. The Morgan fingerprint density at radius 2 is 2.00 bits per heavy atom. The topological polar surface area (TPSA) is 36.3 Å². The maximum Gasteiger partial charge on any atom is 0.143 e. The molecule has 1 fully saturated rings. The minimum atomic E-state index is -0.461. The van der Waals surface area contributed by atoms with Crippen LogP contribution in [0.3, 0.4) is 0 Å². The zero-order chi connectivity index (χ0) is 12.4. The highest BCUT2D eigenvalue weighted by molar-refractivity contribution is 5.60. The molecule has 1 aliphatic heterocycles. The van der Waals surface area contributed by atoms with Gasteiger partial charge < -0.3 is 9.64 Å². The first-order valence-corrected chi connectivity index (χ1v) is 5.71. The van der Waals surface area contributed by atoms with Crippen LogP contribution in [0.1, 0.15) is 19.4 Å². The second-order valence-corrected chi connectivity index (χ2v) is 4.41. The van der Waals surface area contributed by atoms with Gasteiger partial charge in [-0.2, -0.15) is 5.26 Å². The molecule has 0 unspecified atom stereocenters. The highest BCUT2D eigenvalue weighted by atomic mass is 19.1. The molecule has 17 heavy (non-hydrogen) atoms. The van der Waals surface area contributed by atoms with E-state index in [4.69, 9.17) is 10.00 Å². The van der Waals surface area contributed by atoms with E-state index in [2.05, 4.69) is 0 Å². The standard InChI is InChI=1S/C13H15FN2O/c1-9-7-16(8-10(2)17-9)13-5-3-4-12(14)11(13)6-15/h3-5,9-10H,7-8H2,1-2H3/t9-,10+. The van der Waals surface area contributed by atoms with Crippen LogP contribution in [0.4, 0.5) is 10.1 Å². The van der Waals surface area contributed by atoms with Crippen LogP contribution in [0.2, 0.25) is 0 Å². The van der Waals surface area contributed by atoms with Gasteiger partial charge in [-0.25, -0.2) is 4.39 Å². The van der Waals surface area contributed by atoms with Gasteiger partial charge in [0.1, 0.15) is 17.4 Å². The summed E-state index contributed by atoms with van der Waals surface area (Å²) in [5.41, 5.74) is 0.781. The molecule has 0 bridgehead atoms. The Morgan fingerprint density at radius 3 is 2.59 bits per heavy atom. The predicted molar refractivity (Wildman–Crippen MR) is 63.3 cm³/mol. The van der Waals surface area contributed by atoms with E-state index in [1.165, 1.54) is 6.07 Å². The Balaban J connectivity index is 2.34. The average Bonchev–Trinajstić information content (AvgIpc) is 2.27. The fourth-order valence-corrected chi connectivity index (χ4v) is 2.26. The highest BCUT2D eigenvalue weighted by Crippen LogP contribution is 2.25. The van der Waals surface area contributed by atoms with Gasteiger partial charge in [-0.3, -0.25) is 0 Å².